The fourth-order valence-corrected chi connectivity index (χ4v) is 3.98. The monoisotopic (exact) mass is 323 g/mol. The van der Waals surface area contributed by atoms with Gasteiger partial charge in [0.2, 0.25) is 0 Å². The van der Waals surface area contributed by atoms with Crippen LogP contribution in [0.15, 0.2) is 35.3 Å². The van der Waals surface area contributed by atoms with E-state index in [1.165, 1.54) is 6.26 Å². The first kappa shape index (κ1) is 16.8. The maximum Gasteiger partial charge on any atom is 0.193 e. The topological polar surface area (TPSA) is 61.8 Å². The average Bonchev–Trinajstić information content (AvgIpc) is 3.17. The third kappa shape index (κ3) is 5.33. The number of nitrogens with zero attached hydrogens (tertiary/aromatic N) is 2. The molecule has 1 aliphatic carbocycles. The summed E-state index contributed by atoms with van der Waals surface area (Å²) < 4.78 is 23.0. The zero-order valence-corrected chi connectivity index (χ0v) is 14.4. The molecule has 0 aromatic heterocycles. The smallest absolute Gasteiger partial charge is 0.193 e. The van der Waals surface area contributed by atoms with Gasteiger partial charge in [-0.2, -0.15) is 0 Å². The lowest BCUT2D eigenvalue weighted by Crippen LogP contribution is -2.41. The van der Waals surface area contributed by atoms with Gasteiger partial charge < -0.3 is 10.2 Å². The van der Waals surface area contributed by atoms with Gasteiger partial charge in [0, 0.05) is 32.3 Å². The third-order valence-electron chi connectivity index (χ3n) is 3.82. The van der Waals surface area contributed by atoms with E-state index in [-0.39, 0.29) is 11.2 Å². The lowest BCUT2D eigenvalue weighted by atomic mass is 10.1. The van der Waals surface area contributed by atoms with E-state index in [1.54, 1.807) is 0 Å². The molecule has 0 bridgehead atoms. The third-order valence-corrected chi connectivity index (χ3v) is 4.96. The summed E-state index contributed by atoms with van der Waals surface area (Å²) in [5, 5.41) is 3.33. The van der Waals surface area contributed by atoms with E-state index in [9.17, 15) is 8.42 Å². The number of hydrogen-bond acceptors (Lipinski definition) is 3. The molecular formula is C16H25N3O2S. The summed E-state index contributed by atoms with van der Waals surface area (Å²) in [4.78, 5) is 6.53. The quantitative estimate of drug-likeness (QED) is 0.637. The first-order chi connectivity index (χ1) is 10.3. The van der Waals surface area contributed by atoms with E-state index in [2.05, 4.69) is 10.3 Å². The van der Waals surface area contributed by atoms with Crippen molar-refractivity contribution in [2.75, 3.05) is 32.6 Å². The fourth-order valence-electron chi connectivity index (χ4n) is 2.48. The van der Waals surface area contributed by atoms with Gasteiger partial charge in [-0.25, -0.2) is 13.4 Å². The number of aliphatic imine (C=N–C) groups is 1. The van der Waals surface area contributed by atoms with Crippen LogP contribution in [-0.4, -0.2) is 51.9 Å². The molecule has 2 rings (SSSR count). The molecule has 1 N–H and O–H groups in total. The van der Waals surface area contributed by atoms with Gasteiger partial charge in [0.25, 0.3) is 0 Å². The second kappa shape index (κ2) is 6.69. The minimum atomic E-state index is -2.94. The van der Waals surface area contributed by atoms with E-state index >= 15 is 0 Å². The molecule has 6 heteroatoms. The minimum absolute atomic E-state index is 0.100. The van der Waals surface area contributed by atoms with Crippen LogP contribution >= 0.6 is 0 Å². The maximum atomic E-state index is 11.5. The fraction of sp³-hybridized carbons (Fsp3) is 0.562. The average molecular weight is 323 g/mol. The Bertz CT molecular complexity index is 620. The normalized spacial score (nSPS) is 17.1. The molecular weight excluding hydrogens is 298 g/mol. The molecule has 1 fully saturated rings. The molecule has 0 amide bonds. The highest BCUT2D eigenvalue weighted by atomic mass is 32.2. The van der Waals surface area contributed by atoms with Crippen LogP contribution in [0.25, 0.3) is 0 Å². The summed E-state index contributed by atoms with van der Waals surface area (Å²) in [5.41, 5.74) is 1.05. The molecule has 5 nitrogen and oxygen atoms in total. The van der Waals surface area contributed by atoms with E-state index in [1.807, 2.05) is 49.3 Å². The molecule has 0 atom stereocenters. The lowest BCUT2D eigenvalue weighted by Gasteiger charge is -2.21. The van der Waals surface area contributed by atoms with Gasteiger partial charge in [-0.05, 0) is 18.4 Å². The Morgan fingerprint density at radius 3 is 2.41 bits per heavy atom. The van der Waals surface area contributed by atoms with Crippen LogP contribution < -0.4 is 5.32 Å². The van der Waals surface area contributed by atoms with Crippen molar-refractivity contribution in [3.05, 3.63) is 35.9 Å². The van der Waals surface area contributed by atoms with E-state index in [0.29, 0.717) is 13.1 Å². The second-order valence-corrected chi connectivity index (χ2v) is 8.58. The Hall–Kier alpha value is -1.56. The standard InChI is InChI=1S/C16H25N3O2S/c1-19(2)15(17-11-14-7-5-4-6-8-14)18-12-16(9-10-16)13-22(3,20)21/h4-8H,9-13H2,1-3H3,(H,17,18). The molecule has 22 heavy (non-hydrogen) atoms. The van der Waals surface area contributed by atoms with Crippen LogP contribution in [0, 0.1) is 5.41 Å². The summed E-state index contributed by atoms with van der Waals surface area (Å²) in [7, 11) is 0.939. The number of guanidine groups is 1. The summed E-state index contributed by atoms with van der Waals surface area (Å²) in [5.74, 6) is 1.05. The van der Waals surface area contributed by atoms with Crippen molar-refractivity contribution in [3.63, 3.8) is 0 Å². The van der Waals surface area contributed by atoms with Crippen molar-refractivity contribution in [1.29, 1.82) is 0 Å². The predicted octanol–water partition coefficient (Wildman–Crippen LogP) is 1.52. The van der Waals surface area contributed by atoms with Gasteiger partial charge in [-0.15, -0.1) is 0 Å². The van der Waals surface area contributed by atoms with Gasteiger partial charge in [0.05, 0.1) is 12.3 Å². The van der Waals surface area contributed by atoms with Crippen molar-refractivity contribution in [1.82, 2.24) is 10.2 Å². The number of nitrogens with one attached hydrogen (secondary N) is 1. The van der Waals surface area contributed by atoms with Crippen LogP contribution in [-0.2, 0) is 16.4 Å². The van der Waals surface area contributed by atoms with Gasteiger partial charge in [0.15, 0.2) is 5.96 Å². The summed E-state index contributed by atoms with van der Waals surface area (Å²) in [6, 6.07) is 10.1. The highest BCUT2D eigenvalue weighted by Gasteiger charge is 2.45. The zero-order valence-electron chi connectivity index (χ0n) is 13.5. The SMILES string of the molecule is CN(C)C(=NCc1ccccc1)NCC1(CS(C)(=O)=O)CC1. The molecule has 1 aliphatic rings. The minimum Gasteiger partial charge on any atom is -0.356 e. The number of hydrogen-bond donors (Lipinski definition) is 1. The molecule has 0 unspecified atom stereocenters. The van der Waals surface area contributed by atoms with Crippen molar-refractivity contribution >= 4 is 15.8 Å². The Labute approximate surface area is 133 Å². The molecule has 0 radical (unpaired) electrons. The highest BCUT2D eigenvalue weighted by molar-refractivity contribution is 7.90. The zero-order chi connectivity index (χ0) is 16.2. The first-order valence-electron chi connectivity index (χ1n) is 7.47. The summed E-state index contributed by atoms with van der Waals surface area (Å²) in [6.07, 6.45) is 3.24. The summed E-state index contributed by atoms with van der Waals surface area (Å²) >= 11 is 0. The lowest BCUT2D eigenvalue weighted by molar-refractivity contribution is 0.506. The van der Waals surface area contributed by atoms with Crippen LogP contribution in [0.3, 0.4) is 0 Å². The molecule has 1 aromatic rings. The molecule has 0 spiro atoms. The predicted molar refractivity (Wildman–Crippen MR) is 90.6 cm³/mol. The molecule has 0 heterocycles. The Morgan fingerprint density at radius 2 is 1.91 bits per heavy atom. The van der Waals surface area contributed by atoms with Crippen molar-refractivity contribution in [2.45, 2.75) is 19.4 Å². The van der Waals surface area contributed by atoms with E-state index in [4.69, 9.17) is 0 Å². The number of sulfone groups is 1. The summed E-state index contributed by atoms with van der Waals surface area (Å²) in [6.45, 7) is 1.27. The van der Waals surface area contributed by atoms with Crippen molar-refractivity contribution < 1.29 is 8.42 Å². The number of rotatable bonds is 6. The van der Waals surface area contributed by atoms with Crippen molar-refractivity contribution in [2.24, 2.45) is 10.4 Å². The van der Waals surface area contributed by atoms with Crippen LogP contribution in [0.1, 0.15) is 18.4 Å². The van der Waals surface area contributed by atoms with Crippen molar-refractivity contribution in [3.8, 4) is 0 Å². The van der Waals surface area contributed by atoms with Crippen LogP contribution in [0.5, 0.6) is 0 Å². The molecule has 1 saturated carbocycles. The molecule has 122 valence electrons. The second-order valence-electron chi connectivity index (χ2n) is 6.44. The van der Waals surface area contributed by atoms with E-state index < -0.39 is 9.84 Å². The Kier molecular flexibility index (Phi) is 5.11. The van der Waals surface area contributed by atoms with Gasteiger partial charge >= 0.3 is 0 Å². The molecule has 1 aromatic carbocycles. The maximum absolute atomic E-state index is 11.5. The van der Waals surface area contributed by atoms with Gasteiger partial charge in [-0.3, -0.25) is 0 Å². The van der Waals surface area contributed by atoms with Gasteiger partial charge in [0.1, 0.15) is 9.84 Å². The Balaban J connectivity index is 1.95. The first-order valence-corrected chi connectivity index (χ1v) is 9.53. The van der Waals surface area contributed by atoms with E-state index in [0.717, 1.165) is 24.4 Å². The largest absolute Gasteiger partial charge is 0.356 e. The van der Waals surface area contributed by atoms with Crippen LogP contribution in [0.2, 0.25) is 0 Å². The molecule has 0 aliphatic heterocycles. The van der Waals surface area contributed by atoms with Crippen LogP contribution in [0.4, 0.5) is 0 Å². The Morgan fingerprint density at radius 1 is 1.27 bits per heavy atom. The molecule has 0 saturated heterocycles. The highest BCUT2D eigenvalue weighted by Crippen LogP contribution is 2.46. The van der Waals surface area contributed by atoms with Gasteiger partial charge in [-0.1, -0.05) is 30.3 Å². The number of benzene rings is 1.